The maximum atomic E-state index is 13.2. The molecule has 4 rings (SSSR count). The van der Waals surface area contributed by atoms with Gasteiger partial charge in [0.25, 0.3) is 11.7 Å². The Bertz CT molecular complexity index is 1230. The molecule has 2 heterocycles. The Hall–Kier alpha value is -4.00. The topological polar surface area (TPSA) is 83.2 Å². The Labute approximate surface area is 205 Å². The fourth-order valence-corrected chi connectivity index (χ4v) is 4.07. The van der Waals surface area contributed by atoms with Crippen molar-refractivity contribution in [3.8, 4) is 5.75 Å². The van der Waals surface area contributed by atoms with Crippen LogP contribution in [0.2, 0.25) is 0 Å². The quantitative estimate of drug-likeness (QED) is 0.281. The fraction of sp³-hybridized carbons (Fsp3) is 0.286. The van der Waals surface area contributed by atoms with Gasteiger partial charge in [0.1, 0.15) is 17.3 Å². The van der Waals surface area contributed by atoms with Crippen molar-refractivity contribution >= 4 is 23.1 Å². The van der Waals surface area contributed by atoms with Gasteiger partial charge in [0.15, 0.2) is 0 Å². The van der Waals surface area contributed by atoms with Crippen molar-refractivity contribution in [2.75, 3.05) is 25.6 Å². The number of aliphatic hydroxyl groups excluding tert-OH is 1. The summed E-state index contributed by atoms with van der Waals surface area (Å²) in [6.07, 6.45) is 1.52. The molecule has 0 spiro atoms. The van der Waals surface area contributed by atoms with Gasteiger partial charge in [-0.3, -0.25) is 9.59 Å². The van der Waals surface area contributed by atoms with E-state index in [1.165, 1.54) is 11.2 Å². The first-order chi connectivity index (χ1) is 16.8. The molecule has 3 aromatic rings. The number of ketones is 1. The Morgan fingerprint density at radius 1 is 1.09 bits per heavy atom. The van der Waals surface area contributed by atoms with E-state index >= 15 is 0 Å². The molecule has 1 amide bonds. The summed E-state index contributed by atoms with van der Waals surface area (Å²) in [5, 5.41) is 11.3. The molecule has 1 aliphatic rings. The van der Waals surface area contributed by atoms with E-state index < -0.39 is 17.7 Å². The van der Waals surface area contributed by atoms with Crippen molar-refractivity contribution in [1.29, 1.82) is 0 Å². The van der Waals surface area contributed by atoms with Crippen LogP contribution in [0, 0.1) is 5.92 Å². The number of nitrogens with zero attached hydrogens (tertiary/aromatic N) is 2. The second kappa shape index (κ2) is 10.1. The molecule has 7 nitrogen and oxygen atoms in total. The Morgan fingerprint density at radius 2 is 1.83 bits per heavy atom. The third-order valence-corrected chi connectivity index (χ3v) is 5.86. The molecule has 1 unspecified atom stereocenters. The highest BCUT2D eigenvalue weighted by atomic mass is 16.5. The highest BCUT2D eigenvalue weighted by Gasteiger charge is 2.46. The number of hydrogen-bond donors (Lipinski definition) is 1. The summed E-state index contributed by atoms with van der Waals surface area (Å²) in [5.41, 5.74) is 2.15. The number of aliphatic hydroxyl groups is 1. The van der Waals surface area contributed by atoms with Gasteiger partial charge in [-0.15, -0.1) is 0 Å². The molecule has 2 aromatic carbocycles. The molecule has 0 bridgehead atoms. The lowest BCUT2D eigenvalue weighted by Crippen LogP contribution is -2.29. The molecule has 0 aliphatic carbocycles. The van der Waals surface area contributed by atoms with Gasteiger partial charge in [0.2, 0.25) is 0 Å². The smallest absolute Gasteiger partial charge is 0.296 e. The number of ether oxygens (including phenoxy) is 1. The van der Waals surface area contributed by atoms with Gasteiger partial charge in [-0.1, -0.05) is 38.1 Å². The van der Waals surface area contributed by atoms with Gasteiger partial charge >= 0.3 is 0 Å². The van der Waals surface area contributed by atoms with Crippen LogP contribution >= 0.6 is 0 Å². The Morgan fingerprint density at radius 3 is 2.46 bits per heavy atom. The van der Waals surface area contributed by atoms with E-state index in [-0.39, 0.29) is 17.9 Å². The van der Waals surface area contributed by atoms with Crippen molar-refractivity contribution in [1.82, 2.24) is 4.90 Å². The average molecular weight is 475 g/mol. The summed E-state index contributed by atoms with van der Waals surface area (Å²) < 4.78 is 11.2. The molecular formula is C28H30N2O5. The number of rotatable bonds is 8. The van der Waals surface area contributed by atoms with Gasteiger partial charge in [-0.2, -0.15) is 0 Å². The number of anilines is 1. The van der Waals surface area contributed by atoms with Crippen LogP contribution in [0.1, 0.15) is 36.8 Å². The number of furan rings is 1. The standard InChI is InChI=1S/C28H30N2O5/c1-18(2)17-35-22-8-5-7-20(15-22)26(31)24-25(19-10-12-21(13-11-19)29(3)4)30(28(33)27(24)32)16-23-9-6-14-34-23/h5-15,18,25,31H,16-17H2,1-4H3/b26-24-. The summed E-state index contributed by atoms with van der Waals surface area (Å²) in [7, 11) is 3.87. The molecule has 1 N–H and O–H groups in total. The second-order valence-corrected chi connectivity index (χ2v) is 9.23. The molecule has 35 heavy (non-hydrogen) atoms. The number of likely N-dealkylation sites (tertiary alicyclic amines) is 1. The van der Waals surface area contributed by atoms with Gasteiger partial charge in [0.05, 0.1) is 31.0 Å². The molecular weight excluding hydrogens is 444 g/mol. The SMILES string of the molecule is CC(C)COc1cccc(/C(O)=C2/C(=O)C(=O)N(Cc3ccco3)C2c2ccc(N(C)C)cc2)c1. The first-order valence-corrected chi connectivity index (χ1v) is 11.6. The molecule has 0 radical (unpaired) electrons. The van der Waals surface area contributed by atoms with Crippen molar-refractivity contribution < 1.29 is 23.8 Å². The van der Waals surface area contributed by atoms with Crippen molar-refractivity contribution in [3.63, 3.8) is 0 Å². The average Bonchev–Trinajstić information content (AvgIpc) is 3.45. The fourth-order valence-electron chi connectivity index (χ4n) is 4.07. The maximum absolute atomic E-state index is 13.2. The van der Waals surface area contributed by atoms with E-state index in [0.29, 0.717) is 29.6 Å². The number of carbonyl (C=O) groups excluding carboxylic acids is 2. The van der Waals surface area contributed by atoms with E-state index in [4.69, 9.17) is 9.15 Å². The predicted octanol–water partition coefficient (Wildman–Crippen LogP) is 5.00. The number of amides is 1. The minimum Gasteiger partial charge on any atom is -0.507 e. The molecule has 182 valence electrons. The van der Waals surface area contributed by atoms with Crippen LogP contribution < -0.4 is 9.64 Å². The van der Waals surface area contributed by atoms with Crippen molar-refractivity contribution in [2.24, 2.45) is 5.92 Å². The van der Waals surface area contributed by atoms with Crippen LogP contribution in [0.25, 0.3) is 5.76 Å². The number of benzene rings is 2. The van der Waals surface area contributed by atoms with Crippen LogP contribution in [0.15, 0.2) is 76.9 Å². The summed E-state index contributed by atoms with van der Waals surface area (Å²) >= 11 is 0. The number of carbonyl (C=O) groups is 2. The summed E-state index contributed by atoms with van der Waals surface area (Å²) in [4.78, 5) is 29.8. The maximum Gasteiger partial charge on any atom is 0.296 e. The van der Waals surface area contributed by atoms with Gasteiger partial charge in [-0.25, -0.2) is 0 Å². The molecule has 1 atom stereocenters. The van der Waals surface area contributed by atoms with Gasteiger partial charge in [0, 0.05) is 25.3 Å². The molecule has 1 fully saturated rings. The van der Waals surface area contributed by atoms with Crippen molar-refractivity contribution in [2.45, 2.75) is 26.4 Å². The largest absolute Gasteiger partial charge is 0.507 e. The summed E-state index contributed by atoms with van der Waals surface area (Å²) in [6, 6.07) is 17.2. The zero-order valence-electron chi connectivity index (χ0n) is 20.4. The minimum atomic E-state index is -0.767. The first kappa shape index (κ1) is 24.1. The van der Waals surface area contributed by atoms with Crippen LogP contribution in [-0.4, -0.2) is 42.4 Å². The third kappa shape index (κ3) is 5.09. The lowest BCUT2D eigenvalue weighted by molar-refractivity contribution is -0.140. The highest BCUT2D eigenvalue weighted by molar-refractivity contribution is 6.46. The third-order valence-electron chi connectivity index (χ3n) is 5.86. The highest BCUT2D eigenvalue weighted by Crippen LogP contribution is 2.41. The molecule has 1 aliphatic heterocycles. The zero-order chi connectivity index (χ0) is 25.1. The number of hydrogen-bond acceptors (Lipinski definition) is 6. The molecule has 1 saturated heterocycles. The predicted molar refractivity (Wildman–Crippen MR) is 134 cm³/mol. The van der Waals surface area contributed by atoms with Gasteiger partial charge < -0.3 is 24.1 Å². The molecule has 7 heteroatoms. The van der Waals surface area contributed by atoms with Crippen LogP contribution in [0.4, 0.5) is 5.69 Å². The Balaban J connectivity index is 1.79. The molecule has 0 saturated carbocycles. The van der Waals surface area contributed by atoms with E-state index in [1.807, 2.05) is 57.1 Å². The lowest BCUT2D eigenvalue weighted by atomic mass is 9.95. The van der Waals surface area contributed by atoms with Gasteiger partial charge in [-0.05, 0) is 47.9 Å². The second-order valence-electron chi connectivity index (χ2n) is 9.23. The Kier molecular flexibility index (Phi) is 6.96. The summed E-state index contributed by atoms with van der Waals surface area (Å²) in [6.45, 7) is 4.72. The van der Waals surface area contributed by atoms with Crippen molar-refractivity contribution in [3.05, 3.63) is 89.4 Å². The number of Topliss-reactive ketones (excluding diaryl/α,β-unsaturated/α-hetero) is 1. The summed E-state index contributed by atoms with van der Waals surface area (Å²) in [5.74, 6) is -0.183. The van der Waals surface area contributed by atoms with E-state index in [2.05, 4.69) is 0 Å². The van der Waals surface area contributed by atoms with Crippen LogP contribution in [-0.2, 0) is 16.1 Å². The molecule has 1 aromatic heterocycles. The van der Waals surface area contributed by atoms with E-state index in [0.717, 1.165) is 11.3 Å². The minimum absolute atomic E-state index is 0.0418. The van der Waals surface area contributed by atoms with E-state index in [9.17, 15) is 14.7 Å². The van der Waals surface area contributed by atoms with E-state index in [1.54, 1.807) is 36.4 Å². The first-order valence-electron chi connectivity index (χ1n) is 11.6. The zero-order valence-corrected chi connectivity index (χ0v) is 20.4. The monoisotopic (exact) mass is 474 g/mol. The van der Waals surface area contributed by atoms with Crippen LogP contribution in [0.5, 0.6) is 5.75 Å². The lowest BCUT2D eigenvalue weighted by Gasteiger charge is -2.25. The van der Waals surface area contributed by atoms with Crippen LogP contribution in [0.3, 0.4) is 0 Å². The normalized spacial score (nSPS) is 17.3.